The topological polar surface area (TPSA) is 46.3 Å². The van der Waals surface area contributed by atoms with Crippen LogP contribution in [0.25, 0.3) is 0 Å². The third-order valence-electron chi connectivity index (χ3n) is 2.79. The molecule has 1 aromatic rings. The molecule has 0 saturated carbocycles. The molecule has 1 amide bonds. The van der Waals surface area contributed by atoms with Gasteiger partial charge in [-0.2, -0.15) is 0 Å². The van der Waals surface area contributed by atoms with Gasteiger partial charge in [-0.15, -0.1) is 0 Å². The second kappa shape index (κ2) is 7.07. The number of aryl methyl sites for hydroxylation is 1. The lowest BCUT2D eigenvalue weighted by Crippen LogP contribution is -2.30. The third-order valence-corrected chi connectivity index (χ3v) is 2.79. The van der Waals surface area contributed by atoms with Crippen molar-refractivity contribution in [2.75, 3.05) is 13.1 Å². The first-order valence-corrected chi connectivity index (χ1v) is 6.20. The first-order valence-electron chi connectivity index (χ1n) is 6.20. The van der Waals surface area contributed by atoms with Crippen molar-refractivity contribution in [1.82, 2.24) is 4.90 Å². The summed E-state index contributed by atoms with van der Waals surface area (Å²) in [5.74, 6) is 0.194. The van der Waals surface area contributed by atoms with Gasteiger partial charge in [0.1, 0.15) is 0 Å². The highest BCUT2D eigenvalue weighted by Gasteiger charge is 2.11. The highest BCUT2D eigenvalue weighted by atomic mass is 16.2. The summed E-state index contributed by atoms with van der Waals surface area (Å²) in [5.41, 5.74) is 7.84. The number of amides is 1. The van der Waals surface area contributed by atoms with Crippen molar-refractivity contribution in [3.05, 3.63) is 35.4 Å². The molecule has 17 heavy (non-hydrogen) atoms. The van der Waals surface area contributed by atoms with Gasteiger partial charge in [-0.3, -0.25) is 4.79 Å². The molecule has 0 fully saturated rings. The maximum absolute atomic E-state index is 11.9. The van der Waals surface area contributed by atoms with E-state index in [-0.39, 0.29) is 5.91 Å². The van der Waals surface area contributed by atoms with E-state index in [0.29, 0.717) is 19.5 Å². The first kappa shape index (κ1) is 13.7. The van der Waals surface area contributed by atoms with Crippen LogP contribution in [0.1, 0.15) is 30.9 Å². The number of benzene rings is 1. The van der Waals surface area contributed by atoms with Crippen LogP contribution >= 0.6 is 0 Å². The fraction of sp³-hybridized carbons (Fsp3) is 0.500. The minimum Gasteiger partial charge on any atom is -0.339 e. The summed E-state index contributed by atoms with van der Waals surface area (Å²) < 4.78 is 0. The third kappa shape index (κ3) is 4.57. The molecule has 1 aromatic carbocycles. The Kier molecular flexibility index (Phi) is 5.70. The Balaban J connectivity index is 2.60. The Morgan fingerprint density at radius 1 is 1.41 bits per heavy atom. The molecule has 0 aliphatic rings. The minimum atomic E-state index is 0.194. The molecule has 0 atom stereocenters. The molecule has 2 N–H and O–H groups in total. The molecule has 0 aliphatic heterocycles. The molecule has 0 bridgehead atoms. The Morgan fingerprint density at radius 2 is 2.18 bits per heavy atom. The van der Waals surface area contributed by atoms with Gasteiger partial charge >= 0.3 is 0 Å². The summed E-state index contributed by atoms with van der Waals surface area (Å²) in [7, 11) is 0. The molecule has 0 aliphatic carbocycles. The van der Waals surface area contributed by atoms with Crippen LogP contribution in [-0.4, -0.2) is 23.9 Å². The molecule has 94 valence electrons. The molecule has 0 aromatic heterocycles. The fourth-order valence-corrected chi connectivity index (χ4v) is 1.82. The zero-order chi connectivity index (χ0) is 12.7. The highest BCUT2D eigenvalue weighted by molar-refractivity contribution is 5.76. The number of hydrogen-bond acceptors (Lipinski definition) is 2. The average Bonchev–Trinajstić information content (AvgIpc) is 2.33. The van der Waals surface area contributed by atoms with E-state index in [4.69, 9.17) is 5.73 Å². The molecule has 3 nitrogen and oxygen atoms in total. The standard InChI is InChI=1S/C14H22N2O/c1-3-16(14(17)8-5-9-15)11-13-7-4-6-12(2)10-13/h4,6-7,10H,3,5,8-9,11,15H2,1-2H3. The highest BCUT2D eigenvalue weighted by Crippen LogP contribution is 2.09. The van der Waals surface area contributed by atoms with Crippen LogP contribution in [0.3, 0.4) is 0 Å². The number of carbonyl (C=O) groups is 1. The van der Waals surface area contributed by atoms with Crippen molar-refractivity contribution in [1.29, 1.82) is 0 Å². The van der Waals surface area contributed by atoms with Gasteiger partial charge in [-0.1, -0.05) is 29.8 Å². The molecule has 3 heteroatoms. The SMILES string of the molecule is CCN(Cc1cccc(C)c1)C(=O)CCCN. The summed E-state index contributed by atoms with van der Waals surface area (Å²) in [6.07, 6.45) is 1.32. The van der Waals surface area contributed by atoms with Gasteiger partial charge in [0.2, 0.25) is 5.91 Å². The number of nitrogens with two attached hydrogens (primary N) is 1. The Hall–Kier alpha value is -1.35. The lowest BCUT2D eigenvalue weighted by atomic mass is 10.1. The maximum Gasteiger partial charge on any atom is 0.222 e. The van der Waals surface area contributed by atoms with E-state index < -0.39 is 0 Å². The van der Waals surface area contributed by atoms with E-state index in [1.807, 2.05) is 17.9 Å². The zero-order valence-electron chi connectivity index (χ0n) is 10.8. The van der Waals surface area contributed by atoms with Crippen LogP contribution in [0.2, 0.25) is 0 Å². The predicted molar refractivity (Wildman–Crippen MR) is 70.6 cm³/mol. The summed E-state index contributed by atoms with van der Waals surface area (Å²) in [6, 6.07) is 8.28. The maximum atomic E-state index is 11.9. The monoisotopic (exact) mass is 234 g/mol. The Labute approximate surface area is 104 Å². The second-order valence-electron chi connectivity index (χ2n) is 4.29. The zero-order valence-corrected chi connectivity index (χ0v) is 10.8. The van der Waals surface area contributed by atoms with E-state index in [1.165, 1.54) is 11.1 Å². The Morgan fingerprint density at radius 3 is 2.76 bits per heavy atom. The van der Waals surface area contributed by atoms with Gasteiger partial charge in [0.25, 0.3) is 0 Å². The molecule has 0 spiro atoms. The number of rotatable bonds is 6. The lowest BCUT2D eigenvalue weighted by Gasteiger charge is -2.21. The lowest BCUT2D eigenvalue weighted by molar-refractivity contribution is -0.131. The van der Waals surface area contributed by atoms with Crippen LogP contribution in [0, 0.1) is 6.92 Å². The Bertz CT molecular complexity index is 363. The van der Waals surface area contributed by atoms with Crippen LogP contribution < -0.4 is 5.73 Å². The van der Waals surface area contributed by atoms with Gasteiger partial charge in [-0.05, 0) is 32.4 Å². The quantitative estimate of drug-likeness (QED) is 0.819. The molecule has 0 saturated heterocycles. The fourth-order valence-electron chi connectivity index (χ4n) is 1.82. The molecule has 0 unspecified atom stereocenters. The molecular weight excluding hydrogens is 212 g/mol. The summed E-state index contributed by atoms with van der Waals surface area (Å²) in [6.45, 7) is 6.10. The molecule has 1 rings (SSSR count). The molecular formula is C14H22N2O. The van der Waals surface area contributed by atoms with Crippen molar-refractivity contribution in [3.8, 4) is 0 Å². The van der Waals surface area contributed by atoms with Gasteiger partial charge in [0.05, 0.1) is 0 Å². The van der Waals surface area contributed by atoms with Gasteiger partial charge < -0.3 is 10.6 Å². The summed E-state index contributed by atoms with van der Waals surface area (Å²) in [4.78, 5) is 13.8. The van der Waals surface area contributed by atoms with Crippen LogP contribution in [0.15, 0.2) is 24.3 Å². The van der Waals surface area contributed by atoms with Crippen molar-refractivity contribution in [3.63, 3.8) is 0 Å². The molecule has 0 radical (unpaired) electrons. The van der Waals surface area contributed by atoms with Crippen LogP contribution in [0.5, 0.6) is 0 Å². The predicted octanol–water partition coefficient (Wildman–Crippen LogP) is 2.08. The van der Waals surface area contributed by atoms with Crippen molar-refractivity contribution < 1.29 is 4.79 Å². The van der Waals surface area contributed by atoms with Crippen LogP contribution in [-0.2, 0) is 11.3 Å². The summed E-state index contributed by atoms with van der Waals surface area (Å²) >= 11 is 0. The van der Waals surface area contributed by atoms with E-state index in [2.05, 4.69) is 25.1 Å². The van der Waals surface area contributed by atoms with E-state index in [1.54, 1.807) is 0 Å². The average molecular weight is 234 g/mol. The number of carbonyl (C=O) groups excluding carboxylic acids is 1. The van der Waals surface area contributed by atoms with Gasteiger partial charge in [-0.25, -0.2) is 0 Å². The smallest absolute Gasteiger partial charge is 0.222 e. The van der Waals surface area contributed by atoms with Crippen LogP contribution in [0.4, 0.5) is 0 Å². The summed E-state index contributed by atoms with van der Waals surface area (Å²) in [5, 5.41) is 0. The van der Waals surface area contributed by atoms with Gasteiger partial charge in [0, 0.05) is 19.5 Å². The number of nitrogens with zero attached hydrogens (tertiary/aromatic N) is 1. The van der Waals surface area contributed by atoms with Crippen molar-refractivity contribution in [2.45, 2.75) is 33.2 Å². The first-order chi connectivity index (χ1) is 8.17. The van der Waals surface area contributed by atoms with E-state index in [9.17, 15) is 4.79 Å². The molecule has 0 heterocycles. The normalized spacial score (nSPS) is 10.3. The van der Waals surface area contributed by atoms with Crippen molar-refractivity contribution in [2.24, 2.45) is 5.73 Å². The second-order valence-corrected chi connectivity index (χ2v) is 4.29. The number of hydrogen-bond donors (Lipinski definition) is 1. The van der Waals surface area contributed by atoms with E-state index >= 15 is 0 Å². The largest absolute Gasteiger partial charge is 0.339 e. The minimum absolute atomic E-state index is 0.194. The van der Waals surface area contributed by atoms with Gasteiger partial charge in [0.15, 0.2) is 0 Å². The van der Waals surface area contributed by atoms with Crippen molar-refractivity contribution >= 4 is 5.91 Å². The van der Waals surface area contributed by atoms with E-state index in [0.717, 1.165) is 13.0 Å².